The summed E-state index contributed by atoms with van der Waals surface area (Å²) in [4.78, 5) is 19.0. The number of nitrogens with zero attached hydrogens (tertiary/aromatic N) is 3. The predicted octanol–water partition coefficient (Wildman–Crippen LogP) is 3.16. The summed E-state index contributed by atoms with van der Waals surface area (Å²) in [7, 11) is 1.63. The van der Waals surface area contributed by atoms with Gasteiger partial charge >= 0.3 is 0 Å². The minimum atomic E-state index is 0.0228. The monoisotopic (exact) mass is 400 g/mol. The lowest BCUT2D eigenvalue weighted by molar-refractivity contribution is -0.121. The minimum Gasteiger partial charge on any atom is -0.497 e. The largest absolute Gasteiger partial charge is 0.497 e. The van der Waals surface area contributed by atoms with Crippen molar-refractivity contribution < 1.29 is 14.1 Å². The van der Waals surface area contributed by atoms with E-state index in [2.05, 4.69) is 34.2 Å². The smallest absolute Gasteiger partial charge is 0.227 e. The van der Waals surface area contributed by atoms with Crippen molar-refractivity contribution in [3.8, 4) is 17.1 Å². The number of aryl methyl sites for hydroxylation is 1. The fraction of sp³-hybridized carbons (Fsp3) is 0.591. The Bertz CT molecular complexity index is 765. The molecular weight excluding hydrogens is 368 g/mol. The molecule has 2 aromatic rings. The first-order valence-electron chi connectivity index (χ1n) is 10.5. The normalized spacial score (nSPS) is 19.8. The van der Waals surface area contributed by atoms with Gasteiger partial charge in [0.05, 0.1) is 7.11 Å². The second kappa shape index (κ2) is 10.4. The molecule has 0 bridgehead atoms. The third kappa shape index (κ3) is 6.56. The molecule has 0 aliphatic carbocycles. The van der Waals surface area contributed by atoms with Crippen LogP contribution in [0.1, 0.15) is 39.0 Å². The van der Waals surface area contributed by atoms with Gasteiger partial charge in [-0.1, -0.05) is 19.0 Å². The first-order valence-corrected chi connectivity index (χ1v) is 10.5. The van der Waals surface area contributed by atoms with E-state index in [4.69, 9.17) is 9.26 Å². The first-order chi connectivity index (χ1) is 14.0. The van der Waals surface area contributed by atoms with Gasteiger partial charge in [0, 0.05) is 38.0 Å². The summed E-state index contributed by atoms with van der Waals surface area (Å²) in [6.07, 6.45) is 3.09. The number of hydrogen-bond acceptors (Lipinski definition) is 6. The number of ether oxygens (including phenoxy) is 1. The number of hydrogen-bond donors (Lipinski definition) is 1. The fourth-order valence-electron chi connectivity index (χ4n) is 4.03. The number of amides is 1. The molecule has 7 nitrogen and oxygen atoms in total. The number of methoxy groups -OCH3 is 1. The zero-order valence-corrected chi connectivity index (χ0v) is 17.7. The number of rotatable bonds is 9. The van der Waals surface area contributed by atoms with E-state index in [0.29, 0.717) is 31.1 Å². The molecule has 1 aromatic heterocycles. The number of piperidine rings is 1. The number of aromatic nitrogens is 2. The van der Waals surface area contributed by atoms with Crippen LogP contribution in [0.25, 0.3) is 11.4 Å². The Labute approximate surface area is 172 Å². The van der Waals surface area contributed by atoms with E-state index in [-0.39, 0.29) is 5.91 Å². The van der Waals surface area contributed by atoms with Crippen molar-refractivity contribution in [1.82, 2.24) is 20.4 Å². The van der Waals surface area contributed by atoms with Gasteiger partial charge in [-0.25, -0.2) is 0 Å². The summed E-state index contributed by atoms with van der Waals surface area (Å²) in [6, 6.07) is 7.46. The Hall–Kier alpha value is -2.41. The molecule has 158 valence electrons. The third-order valence-electron chi connectivity index (χ3n) is 5.30. The highest BCUT2D eigenvalue weighted by Gasteiger charge is 2.21. The lowest BCUT2D eigenvalue weighted by Gasteiger charge is -2.34. The van der Waals surface area contributed by atoms with Crippen molar-refractivity contribution in [3.63, 3.8) is 0 Å². The van der Waals surface area contributed by atoms with Gasteiger partial charge in [-0.2, -0.15) is 4.98 Å². The maximum absolute atomic E-state index is 12.1. The summed E-state index contributed by atoms with van der Waals surface area (Å²) in [6.45, 7) is 8.74. The van der Waals surface area contributed by atoms with Crippen molar-refractivity contribution in [3.05, 3.63) is 30.2 Å². The van der Waals surface area contributed by atoms with Crippen LogP contribution in [0.4, 0.5) is 0 Å². The van der Waals surface area contributed by atoms with Gasteiger partial charge in [0.1, 0.15) is 5.75 Å². The van der Waals surface area contributed by atoms with Crippen LogP contribution in [0.2, 0.25) is 0 Å². The van der Waals surface area contributed by atoms with Gasteiger partial charge in [0.15, 0.2) is 0 Å². The molecular formula is C22H32N4O3. The van der Waals surface area contributed by atoms with Gasteiger partial charge in [0.2, 0.25) is 17.6 Å². The molecule has 0 radical (unpaired) electrons. The fourth-order valence-corrected chi connectivity index (χ4v) is 4.03. The van der Waals surface area contributed by atoms with Gasteiger partial charge in [-0.15, -0.1) is 0 Å². The van der Waals surface area contributed by atoms with E-state index in [0.717, 1.165) is 36.1 Å². The van der Waals surface area contributed by atoms with Crippen LogP contribution >= 0.6 is 0 Å². The van der Waals surface area contributed by atoms with Crippen molar-refractivity contribution >= 4 is 5.91 Å². The zero-order chi connectivity index (χ0) is 20.6. The molecule has 1 aliphatic rings. The van der Waals surface area contributed by atoms with Crippen LogP contribution in [0.3, 0.4) is 0 Å². The molecule has 1 aromatic carbocycles. The molecule has 3 rings (SSSR count). The van der Waals surface area contributed by atoms with Crippen LogP contribution in [-0.4, -0.2) is 54.2 Å². The lowest BCUT2D eigenvalue weighted by Crippen LogP contribution is -2.40. The Morgan fingerprint density at radius 3 is 2.66 bits per heavy atom. The van der Waals surface area contributed by atoms with Crippen molar-refractivity contribution in [1.29, 1.82) is 0 Å². The Balaban J connectivity index is 1.35. The van der Waals surface area contributed by atoms with Crippen LogP contribution in [-0.2, 0) is 11.2 Å². The molecule has 2 atom stereocenters. The number of benzene rings is 1. The van der Waals surface area contributed by atoms with E-state index in [1.807, 2.05) is 24.3 Å². The van der Waals surface area contributed by atoms with E-state index in [1.54, 1.807) is 7.11 Å². The molecule has 2 heterocycles. The Kier molecular flexibility index (Phi) is 7.63. The molecule has 1 N–H and O–H groups in total. The summed E-state index contributed by atoms with van der Waals surface area (Å²) in [5.41, 5.74) is 0.853. The topological polar surface area (TPSA) is 80.5 Å². The molecule has 0 unspecified atom stereocenters. The van der Waals surface area contributed by atoms with Gasteiger partial charge in [0.25, 0.3) is 0 Å². The molecule has 7 heteroatoms. The highest BCUT2D eigenvalue weighted by atomic mass is 16.5. The average molecular weight is 401 g/mol. The number of likely N-dealkylation sites (tertiary alicyclic amines) is 1. The Morgan fingerprint density at radius 1 is 1.24 bits per heavy atom. The van der Waals surface area contributed by atoms with Crippen LogP contribution in [0, 0.1) is 11.8 Å². The van der Waals surface area contributed by atoms with E-state index in [9.17, 15) is 4.79 Å². The first kappa shape index (κ1) is 21.3. The average Bonchev–Trinajstić information content (AvgIpc) is 3.18. The molecule has 0 saturated carbocycles. The van der Waals surface area contributed by atoms with Crippen molar-refractivity contribution in [2.45, 2.75) is 39.5 Å². The summed E-state index contributed by atoms with van der Waals surface area (Å²) >= 11 is 0. The van der Waals surface area contributed by atoms with Crippen LogP contribution in [0.15, 0.2) is 28.8 Å². The van der Waals surface area contributed by atoms with Crippen molar-refractivity contribution in [2.75, 3.05) is 33.3 Å². The standard InChI is InChI=1S/C22H32N4O3/c1-16-13-17(2)15-26(14-16)12-4-11-23-20(27)9-10-21-24-22(25-29-21)18-5-7-19(28-3)8-6-18/h5-8,16-17H,4,9-15H2,1-3H3,(H,23,27)/t16-,17-/m1/s1. The van der Waals surface area contributed by atoms with Crippen LogP contribution in [0.5, 0.6) is 5.75 Å². The summed E-state index contributed by atoms with van der Waals surface area (Å²) in [5.74, 6) is 3.33. The highest BCUT2D eigenvalue weighted by Crippen LogP contribution is 2.21. The molecule has 1 amide bonds. The molecule has 29 heavy (non-hydrogen) atoms. The number of carbonyl (C=O) groups excluding carboxylic acids is 1. The van der Waals surface area contributed by atoms with Crippen molar-refractivity contribution in [2.24, 2.45) is 11.8 Å². The molecule has 0 spiro atoms. The van der Waals surface area contributed by atoms with Gasteiger partial charge in [-0.3, -0.25) is 4.79 Å². The van der Waals surface area contributed by atoms with Gasteiger partial charge in [-0.05, 0) is 55.5 Å². The van der Waals surface area contributed by atoms with E-state index < -0.39 is 0 Å². The van der Waals surface area contributed by atoms with Crippen LogP contribution < -0.4 is 10.1 Å². The molecule has 1 fully saturated rings. The quantitative estimate of drug-likeness (QED) is 0.651. The minimum absolute atomic E-state index is 0.0228. The molecule has 1 aliphatic heterocycles. The maximum atomic E-state index is 12.1. The van der Waals surface area contributed by atoms with E-state index in [1.165, 1.54) is 19.5 Å². The molecule has 1 saturated heterocycles. The Morgan fingerprint density at radius 2 is 1.97 bits per heavy atom. The third-order valence-corrected chi connectivity index (χ3v) is 5.30. The number of nitrogens with one attached hydrogen (secondary N) is 1. The highest BCUT2D eigenvalue weighted by molar-refractivity contribution is 5.76. The van der Waals surface area contributed by atoms with Gasteiger partial charge < -0.3 is 19.5 Å². The number of carbonyl (C=O) groups is 1. The maximum Gasteiger partial charge on any atom is 0.227 e. The second-order valence-corrected chi connectivity index (χ2v) is 8.15. The SMILES string of the molecule is COc1ccc(-c2noc(CCC(=O)NCCCN3C[C@H](C)C[C@@H](C)C3)n2)cc1. The zero-order valence-electron chi connectivity index (χ0n) is 17.7. The summed E-state index contributed by atoms with van der Waals surface area (Å²) in [5, 5.41) is 6.99. The summed E-state index contributed by atoms with van der Waals surface area (Å²) < 4.78 is 10.4. The predicted molar refractivity (Wildman–Crippen MR) is 112 cm³/mol. The second-order valence-electron chi connectivity index (χ2n) is 8.15. The van der Waals surface area contributed by atoms with E-state index >= 15 is 0 Å². The lowest BCUT2D eigenvalue weighted by atomic mass is 9.92.